The predicted octanol–water partition coefficient (Wildman–Crippen LogP) is 8.23. The number of fused-ring (bicyclic) bond motifs is 1. The number of hydrogen-bond donors (Lipinski definition) is 0. The molecular weight excluding hydrogens is 505 g/mol. The summed E-state index contributed by atoms with van der Waals surface area (Å²) < 4.78 is 10.3. The second-order valence-corrected chi connectivity index (χ2v) is 10.5. The summed E-state index contributed by atoms with van der Waals surface area (Å²) in [4.78, 5) is 14.5. The van der Waals surface area contributed by atoms with Crippen LogP contribution in [-0.4, -0.2) is 31.6 Å². The Labute approximate surface area is 227 Å². The molecule has 1 aliphatic heterocycles. The number of benzene rings is 4. The summed E-state index contributed by atoms with van der Waals surface area (Å²) in [5.74, 6) is 0.804. The second kappa shape index (κ2) is 10.7. The number of ether oxygens (including phenoxy) is 2. The van der Waals surface area contributed by atoms with E-state index in [-0.39, 0.29) is 24.0 Å². The third kappa shape index (κ3) is 5.33. The average Bonchev–Trinajstić information content (AvgIpc) is 3.37. The van der Waals surface area contributed by atoms with Crippen LogP contribution in [0.1, 0.15) is 58.4 Å². The van der Waals surface area contributed by atoms with Gasteiger partial charge in [-0.15, -0.1) is 0 Å². The van der Waals surface area contributed by atoms with Crippen LogP contribution in [0.25, 0.3) is 10.8 Å². The summed E-state index contributed by atoms with van der Waals surface area (Å²) in [5, 5.41) is 3.65. The third-order valence-electron chi connectivity index (χ3n) is 7.46. The summed E-state index contributed by atoms with van der Waals surface area (Å²) in [7, 11) is 3.09. The van der Waals surface area contributed by atoms with Crippen molar-refractivity contribution in [1.29, 1.82) is 0 Å². The van der Waals surface area contributed by atoms with Crippen LogP contribution in [0.4, 0.5) is 0 Å². The van der Waals surface area contributed by atoms with Crippen LogP contribution in [0.5, 0.6) is 5.75 Å². The molecule has 37 heavy (non-hydrogen) atoms. The number of carbonyl (C=O) groups is 1. The van der Waals surface area contributed by atoms with Gasteiger partial charge >= 0.3 is 5.97 Å². The molecular formula is C31H29Cl2NO3. The molecule has 3 unspecified atom stereocenters. The number of nitrogens with zero attached hydrogens (tertiary/aromatic N) is 1. The Hall–Kier alpha value is -3.05. The van der Waals surface area contributed by atoms with Crippen molar-refractivity contribution in [2.24, 2.45) is 0 Å². The lowest BCUT2D eigenvalue weighted by atomic mass is 9.93. The summed E-state index contributed by atoms with van der Waals surface area (Å²) in [6.07, 6.45) is 0.947. The Morgan fingerprint density at radius 2 is 1.54 bits per heavy atom. The number of carbonyl (C=O) groups excluding carboxylic acids is 1. The normalized spacial score (nSPS) is 18.6. The van der Waals surface area contributed by atoms with Crippen LogP contribution in [0.2, 0.25) is 10.0 Å². The molecule has 0 aromatic heterocycles. The Balaban J connectivity index is 1.51. The molecule has 0 amide bonds. The van der Waals surface area contributed by atoms with Gasteiger partial charge in [-0.2, -0.15) is 0 Å². The van der Waals surface area contributed by atoms with Crippen molar-refractivity contribution in [2.75, 3.05) is 20.8 Å². The summed E-state index contributed by atoms with van der Waals surface area (Å²) in [6, 6.07) is 26.7. The van der Waals surface area contributed by atoms with E-state index < -0.39 is 0 Å². The molecule has 0 N–H and O–H groups in total. The van der Waals surface area contributed by atoms with Gasteiger partial charge in [-0.25, -0.2) is 4.79 Å². The number of methoxy groups -OCH3 is 2. The molecule has 190 valence electrons. The molecule has 0 saturated carbocycles. The van der Waals surface area contributed by atoms with Gasteiger partial charge in [-0.1, -0.05) is 53.5 Å². The molecule has 5 rings (SSSR count). The zero-order valence-electron chi connectivity index (χ0n) is 21.1. The van der Waals surface area contributed by atoms with Gasteiger partial charge in [-0.3, -0.25) is 4.90 Å². The maximum Gasteiger partial charge on any atom is 0.337 e. The van der Waals surface area contributed by atoms with Crippen LogP contribution >= 0.6 is 23.2 Å². The minimum Gasteiger partial charge on any atom is -0.497 e. The number of rotatable bonds is 6. The van der Waals surface area contributed by atoms with Gasteiger partial charge in [-0.05, 0) is 95.3 Å². The highest BCUT2D eigenvalue weighted by Crippen LogP contribution is 2.46. The minimum atomic E-state index is -0.330. The summed E-state index contributed by atoms with van der Waals surface area (Å²) >= 11 is 12.7. The summed E-state index contributed by atoms with van der Waals surface area (Å²) in [5.41, 5.74) is 4.12. The van der Waals surface area contributed by atoms with E-state index in [1.165, 1.54) is 18.1 Å². The Kier molecular flexibility index (Phi) is 7.43. The topological polar surface area (TPSA) is 38.8 Å². The van der Waals surface area contributed by atoms with Crippen molar-refractivity contribution in [2.45, 2.75) is 31.3 Å². The fourth-order valence-electron chi connectivity index (χ4n) is 5.45. The lowest BCUT2D eigenvalue weighted by Gasteiger charge is -2.31. The first kappa shape index (κ1) is 25.6. The monoisotopic (exact) mass is 533 g/mol. The van der Waals surface area contributed by atoms with E-state index in [0.717, 1.165) is 35.2 Å². The van der Waals surface area contributed by atoms with E-state index in [2.05, 4.69) is 42.2 Å². The van der Waals surface area contributed by atoms with Crippen LogP contribution in [-0.2, 0) is 4.74 Å². The molecule has 0 aliphatic carbocycles. The zero-order valence-corrected chi connectivity index (χ0v) is 22.6. The van der Waals surface area contributed by atoms with Gasteiger partial charge < -0.3 is 9.47 Å². The van der Waals surface area contributed by atoms with Crippen LogP contribution in [0.15, 0.2) is 78.9 Å². The van der Waals surface area contributed by atoms with E-state index in [4.69, 9.17) is 32.7 Å². The highest BCUT2D eigenvalue weighted by atomic mass is 35.5. The predicted molar refractivity (Wildman–Crippen MR) is 150 cm³/mol. The molecule has 6 heteroatoms. The molecule has 0 radical (unpaired) electrons. The Bertz CT molecular complexity index is 1420. The lowest BCUT2D eigenvalue weighted by Crippen LogP contribution is -2.27. The largest absolute Gasteiger partial charge is 0.497 e. The van der Waals surface area contributed by atoms with Gasteiger partial charge in [0.2, 0.25) is 0 Å². The number of esters is 1. The molecule has 4 aromatic carbocycles. The molecule has 0 spiro atoms. The fourth-order valence-corrected chi connectivity index (χ4v) is 6.00. The third-order valence-corrected chi connectivity index (χ3v) is 7.90. The van der Waals surface area contributed by atoms with E-state index in [1.807, 2.05) is 42.5 Å². The molecule has 1 aliphatic rings. The van der Waals surface area contributed by atoms with E-state index >= 15 is 0 Å². The number of hydrogen-bond acceptors (Lipinski definition) is 4. The quantitative estimate of drug-likeness (QED) is 0.234. The van der Waals surface area contributed by atoms with E-state index in [9.17, 15) is 4.79 Å². The lowest BCUT2D eigenvalue weighted by molar-refractivity contribution is 0.0600. The van der Waals surface area contributed by atoms with Crippen molar-refractivity contribution in [3.63, 3.8) is 0 Å². The van der Waals surface area contributed by atoms with Crippen molar-refractivity contribution in [3.8, 4) is 5.75 Å². The number of halogens is 2. The van der Waals surface area contributed by atoms with Gasteiger partial charge in [0.05, 0.1) is 19.8 Å². The maximum absolute atomic E-state index is 11.9. The molecule has 4 nitrogen and oxygen atoms in total. The molecule has 1 saturated heterocycles. The standard InChI is InChI=1S/C31H29Cl2NO3/c1-19(20-4-6-21(7-5-20)31(35)37-3)34-18-26(25-13-27(32)17-28(33)14-25)16-30(34)24-9-8-23-15-29(36-2)11-10-22(23)12-24/h4-15,17,19,26,30H,16,18H2,1-3H3. The zero-order chi connectivity index (χ0) is 26.1. The minimum absolute atomic E-state index is 0.128. The van der Waals surface area contributed by atoms with Gasteiger partial charge in [0.15, 0.2) is 0 Å². The SMILES string of the molecule is COC(=O)c1ccc(C(C)N2CC(c3cc(Cl)cc(Cl)c3)CC2c2ccc3cc(OC)ccc3c2)cc1. The Morgan fingerprint density at radius 1 is 0.865 bits per heavy atom. The summed E-state index contributed by atoms with van der Waals surface area (Å²) in [6.45, 7) is 3.08. The van der Waals surface area contributed by atoms with Gasteiger partial charge in [0.1, 0.15) is 5.75 Å². The average molecular weight is 534 g/mol. The fraction of sp³-hybridized carbons (Fsp3) is 0.258. The van der Waals surface area contributed by atoms with Crippen molar-refractivity contribution >= 4 is 39.9 Å². The van der Waals surface area contributed by atoms with Crippen molar-refractivity contribution in [3.05, 3.63) is 111 Å². The van der Waals surface area contributed by atoms with Crippen molar-refractivity contribution < 1.29 is 14.3 Å². The Morgan fingerprint density at radius 3 is 2.22 bits per heavy atom. The first-order valence-electron chi connectivity index (χ1n) is 12.3. The molecule has 1 heterocycles. The van der Waals surface area contributed by atoms with Crippen LogP contribution < -0.4 is 4.74 Å². The van der Waals surface area contributed by atoms with E-state index in [0.29, 0.717) is 15.6 Å². The van der Waals surface area contributed by atoms with Gasteiger partial charge in [0.25, 0.3) is 0 Å². The highest BCUT2D eigenvalue weighted by molar-refractivity contribution is 6.34. The molecule has 4 aromatic rings. The maximum atomic E-state index is 11.9. The van der Waals surface area contributed by atoms with E-state index in [1.54, 1.807) is 13.2 Å². The molecule has 0 bridgehead atoms. The number of likely N-dealkylation sites (tertiary alicyclic amines) is 1. The first-order valence-corrected chi connectivity index (χ1v) is 13.1. The molecule has 3 atom stereocenters. The van der Waals surface area contributed by atoms with Crippen LogP contribution in [0.3, 0.4) is 0 Å². The molecule has 1 fully saturated rings. The van der Waals surface area contributed by atoms with Crippen molar-refractivity contribution in [1.82, 2.24) is 4.90 Å². The van der Waals surface area contributed by atoms with Crippen LogP contribution in [0, 0.1) is 0 Å². The smallest absolute Gasteiger partial charge is 0.337 e. The van der Waals surface area contributed by atoms with Gasteiger partial charge in [0, 0.05) is 28.7 Å². The highest BCUT2D eigenvalue weighted by Gasteiger charge is 2.37. The first-order chi connectivity index (χ1) is 17.9. The second-order valence-electron chi connectivity index (χ2n) is 9.61.